The number of rotatable bonds is 5. The van der Waals surface area contributed by atoms with E-state index in [1.54, 1.807) is 6.92 Å². The second kappa shape index (κ2) is 4.79. The van der Waals surface area contributed by atoms with Crippen molar-refractivity contribution in [1.29, 1.82) is 0 Å². The minimum Gasteiger partial charge on any atom is -0.476 e. The molecule has 0 saturated heterocycles. The number of aliphatic hydroxyl groups is 1. The maximum absolute atomic E-state index is 10.6. The summed E-state index contributed by atoms with van der Waals surface area (Å²) in [6.45, 7) is 2.27. The van der Waals surface area contributed by atoms with Gasteiger partial charge in [0.2, 0.25) is 0 Å². The van der Waals surface area contributed by atoms with Crippen LogP contribution in [0.1, 0.15) is 30.3 Å². The molecule has 6 nitrogen and oxygen atoms in total. The average Bonchev–Trinajstić information content (AvgIpc) is 2.46. The maximum atomic E-state index is 10.6. The first kappa shape index (κ1) is 11.5. The van der Waals surface area contributed by atoms with E-state index in [1.807, 2.05) is 0 Å². The molecular formula is C9H15N3O3. The molecule has 0 fully saturated rings. The lowest BCUT2D eigenvalue weighted by Crippen LogP contribution is -2.06. The van der Waals surface area contributed by atoms with Crippen LogP contribution >= 0.6 is 0 Å². The molecular weight excluding hydrogens is 198 g/mol. The van der Waals surface area contributed by atoms with Crippen LogP contribution in [0.4, 0.5) is 5.69 Å². The normalized spacial score (nSPS) is 12.7. The highest BCUT2D eigenvalue weighted by atomic mass is 16.4. The van der Waals surface area contributed by atoms with E-state index in [-0.39, 0.29) is 17.5 Å². The summed E-state index contributed by atoms with van der Waals surface area (Å²) in [7, 11) is 0. The Bertz CT molecular complexity index is 346. The Morgan fingerprint density at radius 2 is 2.40 bits per heavy atom. The van der Waals surface area contributed by atoms with Crippen molar-refractivity contribution < 1.29 is 15.0 Å². The van der Waals surface area contributed by atoms with Gasteiger partial charge in [0, 0.05) is 12.7 Å². The molecule has 1 atom stereocenters. The van der Waals surface area contributed by atoms with Crippen molar-refractivity contribution in [2.45, 2.75) is 32.4 Å². The zero-order valence-corrected chi connectivity index (χ0v) is 8.55. The van der Waals surface area contributed by atoms with E-state index in [0.717, 1.165) is 6.42 Å². The standard InChI is InChI=1S/C9H15N3O3/c1-6(13)3-2-4-12-5-7(10)8(11-12)9(14)15/h5-6,13H,2-4,10H2,1H3,(H,14,15). The van der Waals surface area contributed by atoms with Crippen molar-refractivity contribution in [1.82, 2.24) is 9.78 Å². The number of carboxylic acid groups (broad SMARTS) is 1. The van der Waals surface area contributed by atoms with Crippen molar-refractivity contribution in [3.63, 3.8) is 0 Å². The van der Waals surface area contributed by atoms with Gasteiger partial charge in [-0.15, -0.1) is 0 Å². The summed E-state index contributed by atoms with van der Waals surface area (Å²) in [6.07, 6.45) is 2.53. The fourth-order valence-electron chi connectivity index (χ4n) is 1.27. The Morgan fingerprint density at radius 3 is 2.87 bits per heavy atom. The van der Waals surface area contributed by atoms with Gasteiger partial charge in [0.1, 0.15) is 0 Å². The number of carbonyl (C=O) groups is 1. The number of hydrogen-bond acceptors (Lipinski definition) is 4. The number of aliphatic hydroxyl groups excluding tert-OH is 1. The molecule has 0 spiro atoms. The molecule has 0 saturated carbocycles. The summed E-state index contributed by atoms with van der Waals surface area (Å²) >= 11 is 0. The molecule has 15 heavy (non-hydrogen) atoms. The largest absolute Gasteiger partial charge is 0.476 e. The Kier molecular flexibility index (Phi) is 3.68. The predicted molar refractivity (Wildman–Crippen MR) is 54.5 cm³/mol. The van der Waals surface area contributed by atoms with Gasteiger partial charge in [-0.25, -0.2) is 4.79 Å². The number of aryl methyl sites for hydroxylation is 1. The molecule has 0 amide bonds. The highest BCUT2D eigenvalue weighted by Gasteiger charge is 2.12. The third-order valence-corrected chi connectivity index (χ3v) is 2.00. The van der Waals surface area contributed by atoms with Crippen LogP contribution in [0.2, 0.25) is 0 Å². The average molecular weight is 213 g/mol. The van der Waals surface area contributed by atoms with E-state index in [2.05, 4.69) is 5.10 Å². The lowest BCUT2D eigenvalue weighted by molar-refractivity contribution is 0.0690. The fourth-order valence-corrected chi connectivity index (χ4v) is 1.27. The van der Waals surface area contributed by atoms with Crippen molar-refractivity contribution in [3.05, 3.63) is 11.9 Å². The molecule has 1 unspecified atom stereocenters. The number of carboxylic acids is 1. The van der Waals surface area contributed by atoms with Crippen LogP contribution in [-0.4, -0.2) is 32.1 Å². The molecule has 0 radical (unpaired) electrons. The number of aromatic nitrogens is 2. The molecule has 0 aliphatic carbocycles. The Hall–Kier alpha value is -1.56. The zero-order chi connectivity index (χ0) is 11.4. The first-order valence-corrected chi connectivity index (χ1v) is 4.75. The van der Waals surface area contributed by atoms with Crippen LogP contribution in [0.5, 0.6) is 0 Å². The molecule has 1 heterocycles. The first-order valence-electron chi connectivity index (χ1n) is 4.75. The number of nitrogens with zero attached hydrogens (tertiary/aromatic N) is 2. The van der Waals surface area contributed by atoms with Crippen molar-refractivity contribution in [2.75, 3.05) is 5.73 Å². The number of nitrogens with two attached hydrogens (primary N) is 1. The third kappa shape index (κ3) is 3.25. The maximum Gasteiger partial charge on any atom is 0.358 e. The fraction of sp³-hybridized carbons (Fsp3) is 0.556. The van der Waals surface area contributed by atoms with Crippen molar-refractivity contribution in [2.24, 2.45) is 0 Å². The molecule has 6 heteroatoms. The van der Waals surface area contributed by atoms with E-state index in [9.17, 15) is 4.79 Å². The topological polar surface area (TPSA) is 101 Å². The van der Waals surface area contributed by atoms with Crippen molar-refractivity contribution in [3.8, 4) is 0 Å². The molecule has 0 aliphatic heterocycles. The number of anilines is 1. The van der Waals surface area contributed by atoms with E-state index in [4.69, 9.17) is 15.9 Å². The second-order valence-electron chi connectivity index (χ2n) is 3.49. The highest BCUT2D eigenvalue weighted by Crippen LogP contribution is 2.09. The lowest BCUT2D eigenvalue weighted by Gasteiger charge is -2.03. The Labute approximate surface area is 87.3 Å². The molecule has 84 valence electrons. The first-order chi connectivity index (χ1) is 7.00. The number of aromatic carboxylic acids is 1. The number of hydrogen-bond donors (Lipinski definition) is 3. The van der Waals surface area contributed by atoms with Gasteiger partial charge in [-0.2, -0.15) is 5.10 Å². The molecule has 0 aromatic carbocycles. The minimum atomic E-state index is -1.12. The summed E-state index contributed by atoms with van der Waals surface area (Å²) < 4.78 is 1.49. The van der Waals surface area contributed by atoms with Crippen LogP contribution in [-0.2, 0) is 6.54 Å². The van der Waals surface area contributed by atoms with Gasteiger partial charge < -0.3 is 15.9 Å². The SMILES string of the molecule is CC(O)CCCn1cc(N)c(C(=O)O)n1. The molecule has 1 aromatic rings. The molecule has 1 aromatic heterocycles. The third-order valence-electron chi connectivity index (χ3n) is 2.00. The van der Waals surface area contributed by atoms with Gasteiger partial charge >= 0.3 is 5.97 Å². The lowest BCUT2D eigenvalue weighted by atomic mass is 10.2. The summed E-state index contributed by atoms with van der Waals surface area (Å²) in [6, 6.07) is 0. The number of nitrogen functional groups attached to an aromatic ring is 1. The van der Waals surface area contributed by atoms with E-state index in [1.165, 1.54) is 10.9 Å². The Balaban J connectivity index is 2.56. The summed E-state index contributed by atoms with van der Waals surface area (Å²) in [5, 5.41) is 21.5. The molecule has 0 bridgehead atoms. The van der Waals surface area contributed by atoms with E-state index < -0.39 is 5.97 Å². The van der Waals surface area contributed by atoms with E-state index in [0.29, 0.717) is 13.0 Å². The predicted octanol–water partition coefficient (Wildman–Crippen LogP) is 0.324. The molecule has 1 rings (SSSR count). The van der Waals surface area contributed by atoms with Crippen LogP contribution in [0.25, 0.3) is 0 Å². The summed E-state index contributed by atoms with van der Waals surface area (Å²) in [5.41, 5.74) is 5.51. The molecule has 4 N–H and O–H groups in total. The minimum absolute atomic E-state index is 0.118. The quantitative estimate of drug-likeness (QED) is 0.654. The van der Waals surface area contributed by atoms with Gasteiger partial charge in [0.15, 0.2) is 5.69 Å². The van der Waals surface area contributed by atoms with Gasteiger partial charge in [-0.3, -0.25) is 4.68 Å². The van der Waals surface area contributed by atoms with Gasteiger partial charge in [-0.05, 0) is 19.8 Å². The van der Waals surface area contributed by atoms with Crippen LogP contribution < -0.4 is 5.73 Å². The monoisotopic (exact) mass is 213 g/mol. The van der Waals surface area contributed by atoms with Gasteiger partial charge in [0.25, 0.3) is 0 Å². The second-order valence-corrected chi connectivity index (χ2v) is 3.49. The van der Waals surface area contributed by atoms with Crippen LogP contribution in [0, 0.1) is 0 Å². The Morgan fingerprint density at radius 1 is 1.73 bits per heavy atom. The molecule has 0 aliphatic rings. The van der Waals surface area contributed by atoms with Crippen LogP contribution in [0.3, 0.4) is 0 Å². The highest BCUT2D eigenvalue weighted by molar-refractivity contribution is 5.91. The van der Waals surface area contributed by atoms with E-state index >= 15 is 0 Å². The van der Waals surface area contributed by atoms with Gasteiger partial charge in [-0.1, -0.05) is 0 Å². The smallest absolute Gasteiger partial charge is 0.358 e. The summed E-state index contributed by atoms with van der Waals surface area (Å²) in [4.78, 5) is 10.6. The van der Waals surface area contributed by atoms with Crippen molar-refractivity contribution >= 4 is 11.7 Å². The van der Waals surface area contributed by atoms with Gasteiger partial charge in [0.05, 0.1) is 11.8 Å². The summed E-state index contributed by atoms with van der Waals surface area (Å²) in [5.74, 6) is -1.12. The van der Waals surface area contributed by atoms with Crippen LogP contribution in [0.15, 0.2) is 6.20 Å². The zero-order valence-electron chi connectivity index (χ0n) is 8.55.